The molecule has 0 atom stereocenters. The van der Waals surface area contributed by atoms with E-state index in [2.05, 4.69) is 27.8 Å². The van der Waals surface area contributed by atoms with E-state index in [1.807, 2.05) is 18.2 Å². The lowest BCUT2D eigenvalue weighted by atomic mass is 10.2. The molecule has 1 aromatic carbocycles. The number of ether oxygens (including phenoxy) is 1. The Balaban J connectivity index is 0.00000220. The van der Waals surface area contributed by atoms with E-state index in [1.165, 1.54) is 0 Å². The van der Waals surface area contributed by atoms with E-state index < -0.39 is 0 Å². The number of benzene rings is 1. The van der Waals surface area contributed by atoms with Crippen molar-refractivity contribution in [3.05, 3.63) is 41.4 Å². The van der Waals surface area contributed by atoms with Crippen molar-refractivity contribution >= 4 is 41.5 Å². The van der Waals surface area contributed by atoms with Crippen molar-refractivity contribution in [2.75, 3.05) is 20.2 Å². The van der Waals surface area contributed by atoms with E-state index >= 15 is 0 Å². The van der Waals surface area contributed by atoms with E-state index in [0.717, 1.165) is 24.6 Å². The normalized spacial score (nSPS) is 14.7. The highest BCUT2D eigenvalue weighted by atomic mass is 127. The van der Waals surface area contributed by atoms with Gasteiger partial charge in [0.15, 0.2) is 5.96 Å². The molecule has 2 N–H and O–H groups in total. The molecule has 6 heteroatoms. The molecule has 0 saturated carbocycles. The third kappa shape index (κ3) is 6.56. The SMILES string of the molecule is CN=C(NCCOc1cccc(Cl)c1)NC1CC=CC1.I. The largest absolute Gasteiger partial charge is 0.492 e. The highest BCUT2D eigenvalue weighted by molar-refractivity contribution is 14.0. The van der Waals surface area contributed by atoms with Gasteiger partial charge >= 0.3 is 0 Å². The van der Waals surface area contributed by atoms with Crippen LogP contribution in [0.25, 0.3) is 0 Å². The Morgan fingerprint density at radius 3 is 2.81 bits per heavy atom. The van der Waals surface area contributed by atoms with Gasteiger partial charge in [-0.25, -0.2) is 0 Å². The Morgan fingerprint density at radius 1 is 1.38 bits per heavy atom. The van der Waals surface area contributed by atoms with E-state index in [0.29, 0.717) is 24.2 Å². The Bertz CT molecular complexity index is 486. The van der Waals surface area contributed by atoms with Gasteiger partial charge in [0.05, 0.1) is 6.54 Å². The molecule has 1 aromatic rings. The lowest BCUT2D eigenvalue weighted by Gasteiger charge is -2.17. The molecular formula is C15H21ClIN3O. The second-order valence-corrected chi connectivity index (χ2v) is 5.03. The molecule has 0 unspecified atom stereocenters. The molecule has 2 rings (SSSR count). The van der Waals surface area contributed by atoms with Crippen molar-refractivity contribution in [3.8, 4) is 5.75 Å². The molecule has 0 fully saturated rings. The molecule has 4 nitrogen and oxygen atoms in total. The van der Waals surface area contributed by atoms with Gasteiger partial charge in [0.25, 0.3) is 0 Å². The van der Waals surface area contributed by atoms with Crippen molar-refractivity contribution in [2.24, 2.45) is 4.99 Å². The zero-order chi connectivity index (χ0) is 14.2. The molecule has 0 amide bonds. The van der Waals surface area contributed by atoms with Gasteiger partial charge < -0.3 is 15.4 Å². The molecule has 0 heterocycles. The molecule has 0 aromatic heterocycles. The Labute approximate surface area is 148 Å². The summed E-state index contributed by atoms with van der Waals surface area (Å²) in [5.41, 5.74) is 0. The lowest BCUT2D eigenvalue weighted by Crippen LogP contribution is -2.43. The zero-order valence-corrected chi connectivity index (χ0v) is 15.1. The van der Waals surface area contributed by atoms with Crippen LogP contribution in [0.1, 0.15) is 12.8 Å². The van der Waals surface area contributed by atoms with Crippen LogP contribution in [-0.2, 0) is 0 Å². The number of halogens is 2. The van der Waals surface area contributed by atoms with E-state index in [9.17, 15) is 0 Å². The van der Waals surface area contributed by atoms with Crippen LogP contribution in [0, 0.1) is 0 Å². The highest BCUT2D eigenvalue weighted by Gasteiger charge is 2.11. The second kappa shape index (κ2) is 9.89. The molecule has 21 heavy (non-hydrogen) atoms. The van der Waals surface area contributed by atoms with Crippen molar-refractivity contribution in [1.29, 1.82) is 0 Å². The van der Waals surface area contributed by atoms with Crippen LogP contribution >= 0.6 is 35.6 Å². The predicted molar refractivity (Wildman–Crippen MR) is 99.0 cm³/mol. The van der Waals surface area contributed by atoms with Gasteiger partial charge in [-0.15, -0.1) is 24.0 Å². The third-order valence-corrected chi connectivity index (χ3v) is 3.27. The van der Waals surface area contributed by atoms with Crippen molar-refractivity contribution in [2.45, 2.75) is 18.9 Å². The average Bonchev–Trinajstić information content (AvgIpc) is 2.95. The van der Waals surface area contributed by atoms with Gasteiger partial charge in [-0.2, -0.15) is 0 Å². The summed E-state index contributed by atoms with van der Waals surface area (Å²) in [6.07, 6.45) is 6.49. The number of nitrogens with one attached hydrogen (secondary N) is 2. The Kier molecular flexibility index (Phi) is 8.52. The van der Waals surface area contributed by atoms with E-state index in [1.54, 1.807) is 13.1 Å². The first-order valence-corrected chi connectivity index (χ1v) is 7.16. The van der Waals surface area contributed by atoms with Gasteiger partial charge in [-0.1, -0.05) is 29.8 Å². The quantitative estimate of drug-likeness (QED) is 0.252. The maximum Gasteiger partial charge on any atom is 0.191 e. The average molecular weight is 422 g/mol. The summed E-state index contributed by atoms with van der Waals surface area (Å²) in [5.74, 6) is 1.59. The number of guanidine groups is 1. The fourth-order valence-electron chi connectivity index (χ4n) is 2.02. The van der Waals surface area contributed by atoms with Crippen LogP contribution in [0.5, 0.6) is 5.75 Å². The van der Waals surface area contributed by atoms with Crippen LogP contribution in [0.15, 0.2) is 41.4 Å². The number of nitrogens with zero attached hydrogens (tertiary/aromatic N) is 1. The topological polar surface area (TPSA) is 45.7 Å². The third-order valence-electron chi connectivity index (χ3n) is 3.03. The maximum absolute atomic E-state index is 5.90. The summed E-state index contributed by atoms with van der Waals surface area (Å²) in [7, 11) is 1.77. The van der Waals surface area contributed by atoms with Gasteiger partial charge in [-0.05, 0) is 31.0 Å². The highest BCUT2D eigenvalue weighted by Crippen LogP contribution is 2.16. The summed E-state index contributed by atoms with van der Waals surface area (Å²) in [4.78, 5) is 4.20. The maximum atomic E-state index is 5.90. The summed E-state index contributed by atoms with van der Waals surface area (Å²) >= 11 is 5.90. The van der Waals surface area contributed by atoms with Gasteiger partial charge in [-0.3, -0.25) is 4.99 Å². The van der Waals surface area contributed by atoms with Gasteiger partial charge in [0.1, 0.15) is 12.4 Å². The van der Waals surface area contributed by atoms with Crippen LogP contribution in [0.3, 0.4) is 0 Å². The molecule has 0 aliphatic heterocycles. The minimum atomic E-state index is 0. The number of hydrogen-bond acceptors (Lipinski definition) is 2. The van der Waals surface area contributed by atoms with Crippen molar-refractivity contribution in [3.63, 3.8) is 0 Å². The number of hydrogen-bond donors (Lipinski definition) is 2. The summed E-state index contributed by atoms with van der Waals surface area (Å²) in [6.45, 7) is 1.25. The minimum absolute atomic E-state index is 0. The first-order chi connectivity index (χ1) is 9.78. The van der Waals surface area contributed by atoms with Crippen molar-refractivity contribution < 1.29 is 4.74 Å². The predicted octanol–water partition coefficient (Wildman–Crippen LogP) is 3.22. The fourth-order valence-corrected chi connectivity index (χ4v) is 2.20. The monoisotopic (exact) mass is 421 g/mol. The second-order valence-electron chi connectivity index (χ2n) is 4.59. The van der Waals surface area contributed by atoms with Gasteiger partial charge in [0.2, 0.25) is 0 Å². The standard InChI is InChI=1S/C15H20ClN3O.HI/c1-17-15(19-13-6-2-3-7-13)18-9-10-20-14-8-4-5-12(16)11-14;/h2-5,8,11,13H,6-7,9-10H2,1H3,(H2,17,18,19);1H. The van der Waals surface area contributed by atoms with Crippen molar-refractivity contribution in [1.82, 2.24) is 10.6 Å². The molecule has 0 spiro atoms. The first kappa shape index (κ1) is 18.1. The zero-order valence-electron chi connectivity index (χ0n) is 12.0. The fraction of sp³-hybridized carbons (Fsp3) is 0.400. The summed E-state index contributed by atoms with van der Waals surface area (Å²) in [6, 6.07) is 7.85. The molecular weight excluding hydrogens is 401 g/mol. The Morgan fingerprint density at radius 2 is 2.14 bits per heavy atom. The molecule has 0 radical (unpaired) electrons. The summed E-state index contributed by atoms with van der Waals surface area (Å²) in [5, 5.41) is 7.29. The Hall–Kier alpha value is -0.950. The molecule has 0 saturated heterocycles. The van der Waals surface area contributed by atoms with Crippen LogP contribution in [-0.4, -0.2) is 32.2 Å². The molecule has 116 valence electrons. The molecule has 0 bridgehead atoms. The van der Waals surface area contributed by atoms with Crippen LogP contribution < -0.4 is 15.4 Å². The van der Waals surface area contributed by atoms with Gasteiger partial charge in [0, 0.05) is 18.1 Å². The van der Waals surface area contributed by atoms with Crippen LogP contribution in [0.2, 0.25) is 5.02 Å². The minimum Gasteiger partial charge on any atom is -0.492 e. The smallest absolute Gasteiger partial charge is 0.191 e. The van der Waals surface area contributed by atoms with E-state index in [-0.39, 0.29) is 24.0 Å². The molecule has 1 aliphatic carbocycles. The first-order valence-electron chi connectivity index (χ1n) is 6.78. The number of rotatable bonds is 5. The van der Waals surface area contributed by atoms with Crippen LogP contribution in [0.4, 0.5) is 0 Å². The molecule has 1 aliphatic rings. The number of aliphatic imine (C=N–C) groups is 1. The lowest BCUT2D eigenvalue weighted by molar-refractivity contribution is 0.321. The van der Waals surface area contributed by atoms with E-state index in [4.69, 9.17) is 16.3 Å². The summed E-state index contributed by atoms with van der Waals surface area (Å²) < 4.78 is 5.61.